The first kappa shape index (κ1) is 23.6. The molecule has 9 nitrogen and oxygen atoms in total. The third kappa shape index (κ3) is 4.89. The summed E-state index contributed by atoms with van der Waals surface area (Å²) in [5, 5.41) is 16.1. The van der Waals surface area contributed by atoms with Gasteiger partial charge in [0.25, 0.3) is 5.69 Å². The molecule has 0 bridgehead atoms. The highest BCUT2D eigenvalue weighted by atomic mass is 16.6. The minimum atomic E-state index is -0.406. The molecule has 0 saturated carbocycles. The van der Waals surface area contributed by atoms with Crippen molar-refractivity contribution in [1.82, 2.24) is 9.78 Å². The number of hydrogen-bond acceptors (Lipinski definition) is 7. The molecule has 1 aromatic heterocycles. The molecule has 0 aliphatic rings. The Kier molecular flexibility index (Phi) is 6.86. The smallest absolute Gasteiger partial charge is 0.269 e. The molecule has 35 heavy (non-hydrogen) atoms. The van der Waals surface area contributed by atoms with E-state index in [-0.39, 0.29) is 5.69 Å². The number of methoxy groups -OCH3 is 4. The van der Waals surface area contributed by atoms with Gasteiger partial charge in [-0.3, -0.25) is 14.8 Å². The first-order chi connectivity index (χ1) is 17.0. The summed E-state index contributed by atoms with van der Waals surface area (Å²) in [6.45, 7) is 0.332. The van der Waals surface area contributed by atoms with Gasteiger partial charge < -0.3 is 18.9 Å². The highest BCUT2D eigenvalue weighted by Gasteiger charge is 2.17. The largest absolute Gasteiger partial charge is 0.493 e. The van der Waals surface area contributed by atoms with Crippen molar-refractivity contribution >= 4 is 5.69 Å². The summed E-state index contributed by atoms with van der Waals surface area (Å²) in [6, 6.07) is 19.7. The van der Waals surface area contributed by atoms with Gasteiger partial charge in [-0.15, -0.1) is 0 Å². The van der Waals surface area contributed by atoms with Crippen molar-refractivity contribution in [2.45, 2.75) is 6.54 Å². The number of hydrogen-bond donors (Lipinski definition) is 0. The van der Waals surface area contributed by atoms with Crippen molar-refractivity contribution < 1.29 is 23.9 Å². The van der Waals surface area contributed by atoms with E-state index in [1.807, 2.05) is 53.2 Å². The molecular formula is C26H25N3O6. The molecule has 3 aromatic carbocycles. The maximum atomic E-state index is 11.3. The Balaban J connectivity index is 1.83. The van der Waals surface area contributed by atoms with Crippen molar-refractivity contribution in [3.63, 3.8) is 0 Å². The van der Waals surface area contributed by atoms with Crippen LogP contribution >= 0.6 is 0 Å². The molecule has 0 fully saturated rings. The number of nitro benzene ring substituents is 1. The first-order valence-electron chi connectivity index (χ1n) is 10.7. The standard InChI is InChI=1S/C26H25N3O6/c1-32-23-10-8-18(13-25(23)34-3)21-15-22(19-9-11-24(33-2)26(14-19)35-4)28(27-21)16-17-6-5-7-20(12-17)29(30)31/h5-15H,16H2,1-4H3. The normalized spacial score (nSPS) is 10.6. The highest BCUT2D eigenvalue weighted by Crippen LogP contribution is 2.36. The number of nitrogens with zero attached hydrogens (tertiary/aromatic N) is 3. The fourth-order valence-electron chi connectivity index (χ4n) is 3.84. The van der Waals surface area contributed by atoms with Crippen molar-refractivity contribution in [3.05, 3.63) is 82.4 Å². The van der Waals surface area contributed by atoms with Gasteiger partial charge in [0.1, 0.15) is 0 Å². The van der Waals surface area contributed by atoms with Gasteiger partial charge in [-0.05, 0) is 48.0 Å². The number of ether oxygens (including phenoxy) is 4. The lowest BCUT2D eigenvalue weighted by atomic mass is 10.1. The Morgan fingerprint density at radius 3 is 1.97 bits per heavy atom. The van der Waals surface area contributed by atoms with Gasteiger partial charge in [-0.25, -0.2) is 0 Å². The zero-order valence-corrected chi connectivity index (χ0v) is 19.8. The fraction of sp³-hybridized carbons (Fsp3) is 0.192. The van der Waals surface area contributed by atoms with Crippen molar-refractivity contribution in [3.8, 4) is 45.5 Å². The van der Waals surface area contributed by atoms with Crippen LogP contribution in [0.5, 0.6) is 23.0 Å². The monoisotopic (exact) mass is 475 g/mol. The molecule has 0 spiro atoms. The number of benzene rings is 3. The Morgan fingerprint density at radius 1 is 0.771 bits per heavy atom. The molecular weight excluding hydrogens is 450 g/mol. The van der Waals surface area contributed by atoms with Gasteiger partial charge in [0.05, 0.1) is 51.3 Å². The van der Waals surface area contributed by atoms with Gasteiger partial charge in [0.2, 0.25) is 0 Å². The summed E-state index contributed by atoms with van der Waals surface area (Å²) in [5.74, 6) is 2.40. The van der Waals surface area contributed by atoms with Crippen LogP contribution in [0.15, 0.2) is 66.7 Å². The summed E-state index contributed by atoms with van der Waals surface area (Å²) in [5.41, 5.74) is 3.99. The van der Waals surface area contributed by atoms with Crippen molar-refractivity contribution in [1.29, 1.82) is 0 Å². The maximum Gasteiger partial charge on any atom is 0.269 e. The van der Waals surface area contributed by atoms with Crippen LogP contribution in [-0.4, -0.2) is 43.1 Å². The van der Waals surface area contributed by atoms with Crippen LogP contribution < -0.4 is 18.9 Å². The van der Waals surface area contributed by atoms with Crippen LogP contribution in [0.2, 0.25) is 0 Å². The summed E-state index contributed by atoms with van der Waals surface area (Å²) < 4.78 is 23.5. The molecule has 0 aliphatic heterocycles. The third-order valence-electron chi connectivity index (χ3n) is 5.59. The highest BCUT2D eigenvalue weighted by molar-refractivity contribution is 5.72. The summed E-state index contributed by atoms with van der Waals surface area (Å²) in [4.78, 5) is 10.9. The molecule has 1 heterocycles. The Bertz CT molecular complexity index is 1370. The number of rotatable bonds is 9. The number of aromatic nitrogens is 2. The molecule has 0 N–H and O–H groups in total. The molecule has 0 radical (unpaired) electrons. The maximum absolute atomic E-state index is 11.3. The van der Waals surface area contributed by atoms with E-state index in [2.05, 4.69) is 0 Å². The lowest BCUT2D eigenvalue weighted by molar-refractivity contribution is -0.384. The van der Waals surface area contributed by atoms with E-state index in [1.165, 1.54) is 6.07 Å². The molecule has 0 amide bonds. The summed E-state index contributed by atoms with van der Waals surface area (Å²) in [6.07, 6.45) is 0. The van der Waals surface area contributed by atoms with Gasteiger partial charge in [0, 0.05) is 23.3 Å². The second-order valence-corrected chi connectivity index (χ2v) is 7.64. The van der Waals surface area contributed by atoms with Gasteiger partial charge in [-0.2, -0.15) is 5.10 Å². The predicted molar refractivity (Wildman–Crippen MR) is 132 cm³/mol. The summed E-state index contributed by atoms with van der Waals surface area (Å²) in [7, 11) is 6.33. The molecule has 0 aliphatic carbocycles. The molecule has 180 valence electrons. The Labute approximate surface area is 202 Å². The molecule has 9 heteroatoms. The van der Waals surface area contributed by atoms with Gasteiger partial charge in [0.15, 0.2) is 23.0 Å². The predicted octanol–water partition coefficient (Wildman–Crippen LogP) is 5.21. The van der Waals surface area contributed by atoms with Crippen LogP contribution in [0.4, 0.5) is 5.69 Å². The van der Waals surface area contributed by atoms with Crippen LogP contribution in [0.1, 0.15) is 5.56 Å². The average molecular weight is 476 g/mol. The quantitative estimate of drug-likeness (QED) is 0.242. The minimum Gasteiger partial charge on any atom is -0.493 e. The zero-order chi connectivity index (χ0) is 24.9. The molecule has 0 unspecified atom stereocenters. The fourth-order valence-corrected chi connectivity index (χ4v) is 3.84. The third-order valence-corrected chi connectivity index (χ3v) is 5.59. The van der Waals surface area contributed by atoms with Crippen LogP contribution in [0.25, 0.3) is 22.5 Å². The van der Waals surface area contributed by atoms with E-state index in [4.69, 9.17) is 24.0 Å². The van der Waals surface area contributed by atoms with E-state index >= 15 is 0 Å². The van der Waals surface area contributed by atoms with E-state index in [0.29, 0.717) is 35.2 Å². The summed E-state index contributed by atoms with van der Waals surface area (Å²) >= 11 is 0. The van der Waals surface area contributed by atoms with Crippen LogP contribution in [0.3, 0.4) is 0 Å². The molecule has 4 rings (SSSR count). The number of non-ortho nitro benzene ring substituents is 1. The SMILES string of the molecule is COc1ccc(-c2cc(-c3ccc(OC)c(OC)c3)n(Cc3cccc([N+](=O)[O-])c3)n2)cc1OC. The Morgan fingerprint density at radius 2 is 1.37 bits per heavy atom. The first-order valence-corrected chi connectivity index (χ1v) is 10.7. The van der Waals surface area contributed by atoms with E-state index in [0.717, 1.165) is 22.4 Å². The van der Waals surface area contributed by atoms with E-state index < -0.39 is 4.92 Å². The van der Waals surface area contributed by atoms with E-state index in [1.54, 1.807) is 40.6 Å². The van der Waals surface area contributed by atoms with Crippen molar-refractivity contribution in [2.24, 2.45) is 0 Å². The lowest BCUT2D eigenvalue weighted by Crippen LogP contribution is -2.05. The second kappa shape index (κ2) is 10.2. The number of nitro groups is 1. The average Bonchev–Trinajstić information content (AvgIpc) is 3.31. The van der Waals surface area contributed by atoms with Crippen LogP contribution in [-0.2, 0) is 6.54 Å². The Hall–Kier alpha value is -4.53. The molecule has 0 saturated heterocycles. The molecule has 4 aromatic rings. The topological polar surface area (TPSA) is 97.9 Å². The van der Waals surface area contributed by atoms with Crippen LogP contribution in [0, 0.1) is 10.1 Å². The lowest BCUT2D eigenvalue weighted by Gasteiger charge is -2.11. The van der Waals surface area contributed by atoms with Crippen molar-refractivity contribution in [2.75, 3.05) is 28.4 Å². The van der Waals surface area contributed by atoms with E-state index in [9.17, 15) is 10.1 Å². The van der Waals surface area contributed by atoms with Gasteiger partial charge >= 0.3 is 0 Å². The minimum absolute atomic E-state index is 0.0300. The molecule has 0 atom stereocenters. The zero-order valence-electron chi connectivity index (χ0n) is 19.8. The second-order valence-electron chi connectivity index (χ2n) is 7.64. The van der Waals surface area contributed by atoms with Gasteiger partial charge in [-0.1, -0.05) is 12.1 Å².